The summed E-state index contributed by atoms with van der Waals surface area (Å²) >= 11 is 0. The first-order chi connectivity index (χ1) is 13.8. The van der Waals surface area contributed by atoms with Gasteiger partial charge in [-0.25, -0.2) is 13.2 Å². The Balaban J connectivity index is 1.62. The lowest BCUT2D eigenvalue weighted by molar-refractivity contribution is 0.0719. The summed E-state index contributed by atoms with van der Waals surface area (Å²) in [5.41, 5.74) is -1.39. The zero-order valence-electron chi connectivity index (χ0n) is 15.0. The van der Waals surface area contributed by atoms with Crippen LogP contribution in [0.4, 0.5) is 13.2 Å². The number of nitrogens with one attached hydrogen (secondary N) is 1. The largest absolute Gasteiger partial charge is 0.348 e. The van der Waals surface area contributed by atoms with Gasteiger partial charge in [-0.2, -0.15) is 0 Å². The molecule has 0 fully saturated rings. The number of rotatable bonds is 3. The Kier molecular flexibility index (Phi) is 4.61. The molecule has 2 aliphatic rings. The van der Waals surface area contributed by atoms with Crippen LogP contribution >= 0.6 is 0 Å². The minimum Gasteiger partial charge on any atom is -0.348 e. The van der Waals surface area contributed by atoms with Crippen molar-refractivity contribution in [3.05, 3.63) is 81.0 Å². The summed E-state index contributed by atoms with van der Waals surface area (Å²) in [6.07, 6.45) is 4.93. The second-order valence-electron chi connectivity index (χ2n) is 6.64. The van der Waals surface area contributed by atoms with Gasteiger partial charge < -0.3 is 10.2 Å². The predicted octanol–water partition coefficient (Wildman–Crippen LogP) is 1.12. The summed E-state index contributed by atoms with van der Waals surface area (Å²) in [7, 11) is 0. The maximum atomic E-state index is 13.7. The number of nitrogens with zero attached hydrogens (tertiary/aromatic N) is 3. The number of carbonyl (C=O) groups excluding carboxylic acids is 2. The monoisotopic (exact) mass is 404 g/mol. The van der Waals surface area contributed by atoms with Gasteiger partial charge in [0.1, 0.15) is 35.4 Å². The number of amides is 2. The van der Waals surface area contributed by atoms with Crippen molar-refractivity contribution in [1.82, 2.24) is 14.9 Å². The van der Waals surface area contributed by atoms with Crippen LogP contribution in [0.2, 0.25) is 0 Å². The van der Waals surface area contributed by atoms with Crippen molar-refractivity contribution < 1.29 is 22.8 Å². The highest BCUT2D eigenvalue weighted by atomic mass is 19.1. The fourth-order valence-corrected chi connectivity index (χ4v) is 3.27. The van der Waals surface area contributed by atoms with Crippen molar-refractivity contribution in [2.75, 3.05) is 24.8 Å². The molecule has 0 saturated carbocycles. The molecule has 10 heteroatoms. The van der Waals surface area contributed by atoms with Crippen LogP contribution in [0.3, 0.4) is 0 Å². The summed E-state index contributed by atoms with van der Waals surface area (Å²) in [5, 5.41) is 4.02. The lowest BCUT2D eigenvalue weighted by atomic mass is 10.1. The molecule has 2 aliphatic heterocycles. The van der Waals surface area contributed by atoms with Gasteiger partial charge in [-0.3, -0.25) is 24.1 Å². The fraction of sp³-hybridized carbons (Fsp3) is 0.211. The van der Waals surface area contributed by atoms with Gasteiger partial charge in [0.2, 0.25) is 0 Å². The van der Waals surface area contributed by atoms with Gasteiger partial charge in [0.05, 0.1) is 6.54 Å². The molecular weight excluding hydrogens is 389 g/mol. The van der Waals surface area contributed by atoms with Crippen molar-refractivity contribution in [2.24, 2.45) is 0 Å². The highest BCUT2D eigenvalue weighted by Crippen LogP contribution is 2.16. The molecule has 1 aromatic carbocycles. The van der Waals surface area contributed by atoms with E-state index in [2.05, 4.69) is 5.32 Å². The number of halogens is 3. The van der Waals surface area contributed by atoms with E-state index in [0.717, 1.165) is 6.07 Å². The van der Waals surface area contributed by atoms with Crippen LogP contribution in [0, 0.1) is 17.5 Å². The van der Waals surface area contributed by atoms with Gasteiger partial charge in [0, 0.05) is 43.0 Å². The van der Waals surface area contributed by atoms with Crippen LogP contribution in [0.25, 0.3) is 0 Å². The number of fused-ring (bicyclic) bond motifs is 4. The fourth-order valence-electron chi connectivity index (χ4n) is 3.27. The lowest BCUT2D eigenvalue weighted by Gasteiger charge is -2.37. The van der Waals surface area contributed by atoms with Crippen LogP contribution in [0.1, 0.15) is 26.4 Å². The third-order valence-electron chi connectivity index (χ3n) is 4.76. The van der Waals surface area contributed by atoms with Crippen molar-refractivity contribution >= 4 is 11.8 Å². The first-order valence-corrected chi connectivity index (χ1v) is 8.73. The van der Waals surface area contributed by atoms with E-state index in [1.165, 1.54) is 10.9 Å². The lowest BCUT2D eigenvalue weighted by Crippen LogP contribution is -2.53. The van der Waals surface area contributed by atoms with Gasteiger partial charge in [-0.1, -0.05) is 12.2 Å². The maximum Gasteiger partial charge on any atom is 0.274 e. The molecule has 1 aromatic heterocycles. The molecule has 0 spiro atoms. The van der Waals surface area contributed by atoms with Gasteiger partial charge in [-0.15, -0.1) is 0 Å². The molecule has 0 atom stereocenters. The Bertz CT molecular complexity index is 1090. The third-order valence-corrected chi connectivity index (χ3v) is 4.76. The zero-order chi connectivity index (χ0) is 20.7. The molecule has 4 rings (SSSR count). The Labute approximate surface area is 162 Å². The van der Waals surface area contributed by atoms with Gasteiger partial charge >= 0.3 is 0 Å². The molecule has 2 aromatic rings. The van der Waals surface area contributed by atoms with E-state index in [4.69, 9.17) is 0 Å². The standard InChI is InChI=1S/C19H15F3N4O3/c20-11-5-14(21)12(15(22)6-11)8-23-18(28)13-9-26-16(7-17(13)27)19(29)24-3-1-2-4-25(26)10-24/h1-2,5-7,9H,3-4,8,10H2,(H,23,28). The smallest absolute Gasteiger partial charge is 0.274 e. The SMILES string of the molecule is O=C(NCc1c(F)cc(F)cc1F)c1cn2c(cc1=O)C(=O)N1CC=CCN2C1. The second kappa shape index (κ2) is 7.12. The zero-order valence-corrected chi connectivity index (χ0v) is 15.0. The third kappa shape index (κ3) is 3.37. The molecule has 150 valence electrons. The Morgan fingerprint density at radius 2 is 1.72 bits per heavy atom. The number of pyridine rings is 1. The minimum atomic E-state index is -1.15. The van der Waals surface area contributed by atoms with E-state index < -0.39 is 40.9 Å². The Morgan fingerprint density at radius 3 is 2.45 bits per heavy atom. The van der Waals surface area contributed by atoms with E-state index in [0.29, 0.717) is 25.2 Å². The number of hydrogen-bond donors (Lipinski definition) is 1. The molecule has 0 aliphatic carbocycles. The van der Waals surface area contributed by atoms with Crippen LogP contribution in [-0.4, -0.2) is 41.1 Å². The summed E-state index contributed by atoms with van der Waals surface area (Å²) in [5.74, 6) is -4.58. The quantitative estimate of drug-likeness (QED) is 0.778. The normalized spacial score (nSPS) is 15.2. The molecule has 2 bridgehead atoms. The van der Waals surface area contributed by atoms with Crippen LogP contribution < -0.4 is 15.8 Å². The van der Waals surface area contributed by atoms with Gasteiger partial charge in [0.15, 0.2) is 5.43 Å². The first-order valence-electron chi connectivity index (χ1n) is 8.73. The number of hydrogen-bond acceptors (Lipinski definition) is 4. The molecular formula is C19H15F3N4O3. The van der Waals surface area contributed by atoms with Crippen molar-refractivity contribution in [3.8, 4) is 0 Å². The Morgan fingerprint density at radius 1 is 1.03 bits per heavy atom. The van der Waals surface area contributed by atoms with Crippen LogP contribution in [-0.2, 0) is 6.54 Å². The van der Waals surface area contributed by atoms with E-state index >= 15 is 0 Å². The van der Waals surface area contributed by atoms with E-state index in [9.17, 15) is 27.6 Å². The highest BCUT2D eigenvalue weighted by molar-refractivity contribution is 5.97. The molecule has 1 N–H and O–H groups in total. The summed E-state index contributed by atoms with van der Waals surface area (Å²) in [4.78, 5) is 38.9. The molecule has 3 heterocycles. The minimum absolute atomic E-state index is 0.122. The Hall–Kier alpha value is -3.56. The number of aromatic nitrogens is 1. The maximum absolute atomic E-state index is 13.7. The average molecular weight is 404 g/mol. The predicted molar refractivity (Wildman–Crippen MR) is 96.3 cm³/mol. The molecule has 0 saturated heterocycles. The molecule has 7 nitrogen and oxygen atoms in total. The molecule has 2 amide bonds. The summed E-state index contributed by atoms with van der Waals surface area (Å²) in [6, 6.07) is 2.08. The molecule has 0 unspecified atom stereocenters. The summed E-state index contributed by atoms with van der Waals surface area (Å²) < 4.78 is 41.9. The number of benzene rings is 1. The first kappa shape index (κ1) is 18.8. The van der Waals surface area contributed by atoms with Crippen LogP contribution in [0.5, 0.6) is 0 Å². The van der Waals surface area contributed by atoms with Gasteiger partial charge in [0.25, 0.3) is 11.8 Å². The van der Waals surface area contributed by atoms with E-state index in [-0.39, 0.29) is 23.8 Å². The van der Waals surface area contributed by atoms with Crippen molar-refractivity contribution in [1.29, 1.82) is 0 Å². The molecule has 0 radical (unpaired) electrons. The van der Waals surface area contributed by atoms with Gasteiger partial charge in [-0.05, 0) is 0 Å². The second-order valence-corrected chi connectivity index (χ2v) is 6.64. The number of carbonyl (C=O) groups is 2. The van der Waals surface area contributed by atoms with E-state index in [1.807, 2.05) is 12.2 Å². The van der Waals surface area contributed by atoms with Crippen molar-refractivity contribution in [2.45, 2.75) is 6.54 Å². The van der Waals surface area contributed by atoms with Crippen molar-refractivity contribution in [3.63, 3.8) is 0 Å². The summed E-state index contributed by atoms with van der Waals surface area (Å²) in [6.45, 7) is 0.596. The van der Waals surface area contributed by atoms with E-state index in [1.54, 1.807) is 9.91 Å². The average Bonchev–Trinajstić information content (AvgIpc) is 2.89. The topological polar surface area (TPSA) is 74.6 Å². The van der Waals surface area contributed by atoms with Crippen LogP contribution in [0.15, 0.2) is 41.3 Å². The highest BCUT2D eigenvalue weighted by Gasteiger charge is 2.30. The molecule has 29 heavy (non-hydrogen) atoms.